The first-order chi connectivity index (χ1) is 4.12. The summed E-state index contributed by atoms with van der Waals surface area (Å²) in [4.78, 5) is 0. The molecule has 0 aliphatic heterocycles. The van der Waals surface area contributed by atoms with Crippen LogP contribution in [-0.2, 0) is 8.85 Å². The number of hydrogen-bond donors (Lipinski definition) is 0. The molecule has 0 rings (SSSR count). The molecule has 0 saturated heterocycles. The van der Waals surface area contributed by atoms with Crippen LogP contribution in [0.1, 0.15) is 2.74 Å². The second-order valence-electron chi connectivity index (χ2n) is 1.69. The normalized spacial score (nSPS) is 15.7. The molecular formula is C4H12O2Si. The quantitative estimate of drug-likeness (QED) is 0.511. The van der Waals surface area contributed by atoms with E-state index in [0.29, 0.717) is 0 Å². The summed E-state index contributed by atoms with van der Waals surface area (Å²) in [6, 6.07) is 0. The molecule has 7 heavy (non-hydrogen) atoms. The van der Waals surface area contributed by atoms with Crippen LogP contribution in [-0.4, -0.2) is 22.7 Å². The standard InChI is InChI=1S/C4H12O2Si/c1-5-7(3,4)6-2/h1-4H3/i1T,2T. The van der Waals surface area contributed by atoms with Crippen LogP contribution in [0.25, 0.3) is 0 Å². The van der Waals surface area contributed by atoms with Gasteiger partial charge in [-0.25, -0.2) is 0 Å². The van der Waals surface area contributed by atoms with E-state index in [1.54, 1.807) is 0 Å². The summed E-state index contributed by atoms with van der Waals surface area (Å²) in [7, 11) is -2.22. The largest absolute Gasteiger partial charge is 0.398 e. The van der Waals surface area contributed by atoms with Crippen molar-refractivity contribution in [1.82, 2.24) is 0 Å². The van der Waals surface area contributed by atoms with E-state index in [1.807, 2.05) is 13.1 Å². The molecule has 0 saturated carbocycles. The van der Waals surface area contributed by atoms with Gasteiger partial charge in [-0.3, -0.25) is 0 Å². The van der Waals surface area contributed by atoms with Crippen LogP contribution in [0, 0.1) is 0 Å². The van der Waals surface area contributed by atoms with Crippen LogP contribution in [0.4, 0.5) is 0 Å². The van der Waals surface area contributed by atoms with Crippen molar-refractivity contribution in [1.29, 1.82) is 0 Å². The third-order valence-corrected chi connectivity index (χ3v) is 2.09. The van der Waals surface area contributed by atoms with E-state index >= 15 is 0 Å². The van der Waals surface area contributed by atoms with Crippen molar-refractivity contribution in [2.75, 3.05) is 14.2 Å². The average molecular weight is 124 g/mol. The highest BCUT2D eigenvalue weighted by Gasteiger charge is 2.19. The summed E-state index contributed by atoms with van der Waals surface area (Å²) in [5, 5.41) is 0. The molecule has 0 atom stereocenters. The van der Waals surface area contributed by atoms with Gasteiger partial charge < -0.3 is 8.85 Å². The van der Waals surface area contributed by atoms with E-state index in [2.05, 4.69) is 0 Å². The minimum absolute atomic E-state index is 0.0702. The third-order valence-electron chi connectivity index (χ3n) is 0.695. The van der Waals surface area contributed by atoms with Gasteiger partial charge in [0, 0.05) is 14.2 Å². The Morgan fingerprint density at radius 2 is 1.71 bits per heavy atom. The second-order valence-corrected chi connectivity index (χ2v) is 5.07. The van der Waals surface area contributed by atoms with E-state index in [-0.39, 0.29) is 14.2 Å². The smallest absolute Gasteiger partial charge is 0.331 e. The third kappa shape index (κ3) is 2.79. The first-order valence-corrected chi connectivity index (χ1v) is 4.80. The van der Waals surface area contributed by atoms with Crippen LogP contribution in [0.5, 0.6) is 0 Å². The van der Waals surface area contributed by atoms with Crippen LogP contribution >= 0.6 is 0 Å². The number of hydrogen-bond acceptors (Lipinski definition) is 2. The average Bonchev–Trinajstić information content (AvgIpc) is 1.64. The minimum atomic E-state index is -2.08. The Kier molecular flexibility index (Phi) is 1.42. The fourth-order valence-corrected chi connectivity index (χ4v) is 0.125. The lowest BCUT2D eigenvalue weighted by atomic mass is 11.8. The maximum Gasteiger partial charge on any atom is 0.331 e. The fraction of sp³-hybridized carbons (Fsp3) is 1.00. The van der Waals surface area contributed by atoms with Gasteiger partial charge in [0.15, 0.2) is 0 Å². The molecule has 0 aliphatic carbocycles. The monoisotopic (exact) mass is 124 g/mol. The maximum atomic E-state index is 6.71. The van der Waals surface area contributed by atoms with Gasteiger partial charge in [0.25, 0.3) is 0 Å². The van der Waals surface area contributed by atoms with E-state index < -0.39 is 8.56 Å². The molecular weight excluding hydrogens is 108 g/mol. The summed E-state index contributed by atoms with van der Waals surface area (Å²) in [5.74, 6) is 0. The van der Waals surface area contributed by atoms with Crippen molar-refractivity contribution in [3.05, 3.63) is 0 Å². The molecule has 0 aliphatic rings. The minimum Gasteiger partial charge on any atom is -0.398 e. The molecule has 0 unspecified atom stereocenters. The molecule has 2 nitrogen and oxygen atoms in total. The molecule has 0 aromatic rings. The highest BCUT2D eigenvalue weighted by atomic mass is 28.4. The summed E-state index contributed by atoms with van der Waals surface area (Å²) in [5.41, 5.74) is 0. The van der Waals surface area contributed by atoms with Gasteiger partial charge in [-0.2, -0.15) is 0 Å². The van der Waals surface area contributed by atoms with Crippen molar-refractivity contribution in [2.45, 2.75) is 13.1 Å². The summed E-state index contributed by atoms with van der Waals surface area (Å²) in [6.07, 6.45) is 0. The molecule has 3 heteroatoms. The van der Waals surface area contributed by atoms with Crippen molar-refractivity contribution in [3.63, 3.8) is 0 Å². The Balaban J connectivity index is 3.43. The lowest BCUT2D eigenvalue weighted by Gasteiger charge is -2.15. The van der Waals surface area contributed by atoms with Crippen molar-refractivity contribution < 1.29 is 11.6 Å². The van der Waals surface area contributed by atoms with E-state index in [4.69, 9.17) is 11.6 Å². The van der Waals surface area contributed by atoms with Crippen LogP contribution in [0.3, 0.4) is 0 Å². The molecule has 0 spiro atoms. The Morgan fingerprint density at radius 1 is 1.29 bits per heavy atom. The maximum absolute atomic E-state index is 6.71. The van der Waals surface area contributed by atoms with Gasteiger partial charge in [-0.05, 0) is 13.1 Å². The highest BCUT2D eigenvalue weighted by molar-refractivity contribution is 6.64. The van der Waals surface area contributed by atoms with Gasteiger partial charge >= 0.3 is 8.56 Å². The van der Waals surface area contributed by atoms with Crippen molar-refractivity contribution >= 4 is 8.56 Å². The molecule has 0 heterocycles. The molecule has 44 valence electrons. The SMILES string of the molecule is [3H]CO[Si](C)(C)OC[3H]. The van der Waals surface area contributed by atoms with Gasteiger partial charge in [0.05, 0.1) is 2.74 Å². The lowest BCUT2D eigenvalue weighted by Crippen LogP contribution is -2.31. The van der Waals surface area contributed by atoms with Crippen LogP contribution in [0.2, 0.25) is 13.1 Å². The fourth-order valence-electron chi connectivity index (χ4n) is 0.0417. The van der Waals surface area contributed by atoms with Crippen LogP contribution < -0.4 is 0 Å². The van der Waals surface area contributed by atoms with Gasteiger partial charge in [0.2, 0.25) is 0 Å². The molecule has 0 amide bonds. The van der Waals surface area contributed by atoms with E-state index in [0.717, 1.165) is 0 Å². The first kappa shape index (κ1) is 4.06. The Labute approximate surface area is 48.5 Å². The topological polar surface area (TPSA) is 18.5 Å². The predicted octanol–water partition coefficient (Wildman–Crippen LogP) is 0.981. The second kappa shape index (κ2) is 2.45. The van der Waals surface area contributed by atoms with Crippen molar-refractivity contribution in [3.8, 4) is 0 Å². The van der Waals surface area contributed by atoms with Crippen LogP contribution in [0.15, 0.2) is 0 Å². The molecule has 0 aromatic heterocycles. The molecule has 0 radical (unpaired) electrons. The number of rotatable bonds is 2. The lowest BCUT2D eigenvalue weighted by molar-refractivity contribution is 0.258. The van der Waals surface area contributed by atoms with Gasteiger partial charge in [-0.1, -0.05) is 0 Å². The zero-order valence-corrected chi connectivity index (χ0v) is 5.73. The first-order valence-electron chi connectivity index (χ1n) is 3.40. The Morgan fingerprint density at radius 3 is 2.00 bits per heavy atom. The summed E-state index contributed by atoms with van der Waals surface area (Å²) >= 11 is 0. The highest BCUT2D eigenvalue weighted by Crippen LogP contribution is 1.99. The van der Waals surface area contributed by atoms with Gasteiger partial charge in [-0.15, -0.1) is 0 Å². The Bertz CT molecular complexity index is 71.0. The van der Waals surface area contributed by atoms with Crippen molar-refractivity contribution in [2.24, 2.45) is 0 Å². The molecule has 0 aromatic carbocycles. The molecule has 0 fully saturated rings. The zero-order chi connectivity index (χ0) is 7.33. The summed E-state index contributed by atoms with van der Waals surface area (Å²) in [6.45, 7) is 3.63. The van der Waals surface area contributed by atoms with Gasteiger partial charge in [0.1, 0.15) is 0 Å². The van der Waals surface area contributed by atoms with E-state index in [9.17, 15) is 0 Å². The predicted molar refractivity (Wildman–Crippen MR) is 31.5 cm³/mol. The van der Waals surface area contributed by atoms with E-state index in [1.165, 1.54) is 0 Å². The molecule has 0 bridgehead atoms. The Hall–Kier alpha value is 0.137. The summed E-state index contributed by atoms with van der Waals surface area (Å²) < 4.78 is 23.3. The molecule has 0 N–H and O–H groups in total. The zero-order valence-electron chi connectivity index (χ0n) is 6.73.